The third-order valence-electron chi connectivity index (χ3n) is 4.84. The molecule has 1 aliphatic carbocycles. The number of likely N-dealkylation sites (tertiary alicyclic amines) is 1. The molecule has 3 rings (SSSR count). The number of rotatable bonds is 6. The van der Waals surface area contributed by atoms with Crippen molar-refractivity contribution in [3.8, 4) is 5.88 Å². The number of nitrogens with one attached hydrogen (secondary N) is 1. The lowest BCUT2D eigenvalue weighted by Crippen LogP contribution is -2.42. The molecule has 1 aromatic heterocycles. The van der Waals surface area contributed by atoms with Gasteiger partial charge in [-0.3, -0.25) is 4.90 Å². The Balaban J connectivity index is 1.50. The molecule has 2 heterocycles. The van der Waals surface area contributed by atoms with E-state index in [1.807, 2.05) is 11.7 Å². The third-order valence-corrected chi connectivity index (χ3v) is 4.84. The number of piperidine rings is 1. The Labute approximate surface area is 127 Å². The lowest BCUT2D eigenvalue weighted by molar-refractivity contribution is 0.187. The SMILES string of the molecule is COc1c(CN2CCC(NCC3CC3)CC2)c(C)nn1C. The van der Waals surface area contributed by atoms with Crippen LogP contribution in [0.25, 0.3) is 0 Å². The summed E-state index contributed by atoms with van der Waals surface area (Å²) in [5.41, 5.74) is 2.33. The maximum atomic E-state index is 5.49. The maximum absolute atomic E-state index is 5.49. The van der Waals surface area contributed by atoms with E-state index in [4.69, 9.17) is 4.74 Å². The van der Waals surface area contributed by atoms with Crippen LogP contribution in [-0.2, 0) is 13.6 Å². The van der Waals surface area contributed by atoms with Gasteiger partial charge in [0.15, 0.2) is 0 Å². The molecule has 0 bridgehead atoms. The molecule has 5 nitrogen and oxygen atoms in total. The fraction of sp³-hybridized carbons (Fsp3) is 0.812. The number of hydrogen-bond donors (Lipinski definition) is 1. The fourth-order valence-electron chi connectivity index (χ4n) is 3.29. The lowest BCUT2D eigenvalue weighted by atomic mass is 10.0. The molecular weight excluding hydrogens is 264 g/mol. The molecule has 1 saturated carbocycles. The molecule has 0 aromatic carbocycles. The Morgan fingerprint density at radius 3 is 2.57 bits per heavy atom. The van der Waals surface area contributed by atoms with E-state index in [9.17, 15) is 0 Å². The molecule has 1 aliphatic heterocycles. The van der Waals surface area contributed by atoms with Crippen LogP contribution < -0.4 is 10.1 Å². The smallest absolute Gasteiger partial charge is 0.216 e. The Morgan fingerprint density at radius 1 is 1.24 bits per heavy atom. The molecule has 21 heavy (non-hydrogen) atoms. The first-order chi connectivity index (χ1) is 10.2. The van der Waals surface area contributed by atoms with E-state index in [2.05, 4.69) is 22.2 Å². The summed E-state index contributed by atoms with van der Waals surface area (Å²) in [6.07, 6.45) is 5.39. The van der Waals surface area contributed by atoms with Gasteiger partial charge in [-0.05, 0) is 58.2 Å². The normalized spacial score (nSPS) is 20.9. The van der Waals surface area contributed by atoms with Gasteiger partial charge in [0.2, 0.25) is 5.88 Å². The van der Waals surface area contributed by atoms with Crippen LogP contribution in [0.5, 0.6) is 5.88 Å². The largest absolute Gasteiger partial charge is 0.481 e. The summed E-state index contributed by atoms with van der Waals surface area (Å²) in [4.78, 5) is 2.53. The van der Waals surface area contributed by atoms with E-state index in [0.29, 0.717) is 0 Å². The van der Waals surface area contributed by atoms with E-state index in [0.717, 1.165) is 30.1 Å². The van der Waals surface area contributed by atoms with Crippen LogP contribution in [0.4, 0.5) is 0 Å². The zero-order valence-corrected chi connectivity index (χ0v) is 13.6. The lowest BCUT2D eigenvalue weighted by Gasteiger charge is -2.32. The fourth-order valence-corrected chi connectivity index (χ4v) is 3.29. The first kappa shape index (κ1) is 14.9. The predicted molar refractivity (Wildman–Crippen MR) is 83.5 cm³/mol. The topological polar surface area (TPSA) is 42.3 Å². The molecule has 2 fully saturated rings. The molecule has 1 saturated heterocycles. The second kappa shape index (κ2) is 6.36. The second-order valence-corrected chi connectivity index (χ2v) is 6.60. The molecule has 0 atom stereocenters. The number of ether oxygens (including phenoxy) is 1. The van der Waals surface area contributed by atoms with Gasteiger partial charge in [0.25, 0.3) is 0 Å². The Morgan fingerprint density at radius 2 is 1.95 bits per heavy atom. The van der Waals surface area contributed by atoms with E-state index in [1.165, 1.54) is 50.9 Å². The van der Waals surface area contributed by atoms with Crippen LogP contribution in [0.3, 0.4) is 0 Å². The van der Waals surface area contributed by atoms with Gasteiger partial charge in [0.05, 0.1) is 18.4 Å². The number of aryl methyl sites for hydroxylation is 2. The average Bonchev–Trinajstić information content (AvgIpc) is 3.26. The van der Waals surface area contributed by atoms with Crippen LogP contribution >= 0.6 is 0 Å². The molecule has 0 unspecified atom stereocenters. The van der Waals surface area contributed by atoms with Gasteiger partial charge in [-0.15, -0.1) is 0 Å². The molecule has 118 valence electrons. The summed E-state index contributed by atoms with van der Waals surface area (Å²) < 4.78 is 7.33. The summed E-state index contributed by atoms with van der Waals surface area (Å²) in [7, 11) is 3.68. The van der Waals surface area contributed by atoms with Crippen molar-refractivity contribution in [2.45, 2.75) is 45.2 Å². The third kappa shape index (κ3) is 3.58. The van der Waals surface area contributed by atoms with Crippen molar-refractivity contribution in [3.05, 3.63) is 11.3 Å². The zero-order chi connectivity index (χ0) is 14.8. The molecule has 0 spiro atoms. The van der Waals surface area contributed by atoms with Crippen molar-refractivity contribution in [1.82, 2.24) is 20.0 Å². The number of methoxy groups -OCH3 is 1. The number of aromatic nitrogens is 2. The van der Waals surface area contributed by atoms with E-state index >= 15 is 0 Å². The van der Waals surface area contributed by atoms with Gasteiger partial charge in [-0.1, -0.05) is 0 Å². The second-order valence-electron chi connectivity index (χ2n) is 6.60. The molecule has 0 amide bonds. The van der Waals surface area contributed by atoms with Crippen LogP contribution in [0.15, 0.2) is 0 Å². The van der Waals surface area contributed by atoms with Crippen LogP contribution in [-0.4, -0.2) is 47.5 Å². The maximum Gasteiger partial charge on any atom is 0.216 e. The Hall–Kier alpha value is -1.07. The van der Waals surface area contributed by atoms with Gasteiger partial charge < -0.3 is 10.1 Å². The van der Waals surface area contributed by atoms with Crippen molar-refractivity contribution in [2.75, 3.05) is 26.7 Å². The summed E-state index contributed by atoms with van der Waals surface area (Å²) in [6, 6.07) is 0.721. The highest BCUT2D eigenvalue weighted by Gasteiger charge is 2.25. The van der Waals surface area contributed by atoms with E-state index in [1.54, 1.807) is 7.11 Å². The Bertz CT molecular complexity index is 473. The minimum absolute atomic E-state index is 0.721. The first-order valence-electron chi connectivity index (χ1n) is 8.19. The number of hydrogen-bond acceptors (Lipinski definition) is 4. The monoisotopic (exact) mass is 292 g/mol. The van der Waals surface area contributed by atoms with Crippen molar-refractivity contribution < 1.29 is 4.74 Å². The standard InChI is InChI=1S/C16H28N4O/c1-12-15(16(21-3)19(2)18-12)11-20-8-6-14(7-9-20)17-10-13-4-5-13/h13-14,17H,4-11H2,1-3H3. The van der Waals surface area contributed by atoms with Crippen molar-refractivity contribution in [2.24, 2.45) is 13.0 Å². The van der Waals surface area contributed by atoms with Crippen LogP contribution in [0.2, 0.25) is 0 Å². The molecule has 0 radical (unpaired) electrons. The number of nitrogens with zero attached hydrogens (tertiary/aromatic N) is 3. The molecular formula is C16H28N4O. The Kier molecular flexibility index (Phi) is 4.50. The summed E-state index contributed by atoms with van der Waals surface area (Å²) >= 11 is 0. The minimum Gasteiger partial charge on any atom is -0.481 e. The minimum atomic E-state index is 0.721. The van der Waals surface area contributed by atoms with Crippen LogP contribution in [0.1, 0.15) is 36.9 Å². The van der Waals surface area contributed by atoms with Crippen molar-refractivity contribution >= 4 is 0 Å². The molecule has 5 heteroatoms. The summed E-state index contributed by atoms with van der Waals surface area (Å²) in [5.74, 6) is 1.88. The van der Waals surface area contributed by atoms with Gasteiger partial charge >= 0.3 is 0 Å². The first-order valence-corrected chi connectivity index (χ1v) is 8.19. The zero-order valence-electron chi connectivity index (χ0n) is 13.6. The van der Waals surface area contributed by atoms with Gasteiger partial charge in [0.1, 0.15) is 0 Å². The summed E-state index contributed by atoms with van der Waals surface area (Å²) in [5, 5.41) is 8.21. The highest BCUT2D eigenvalue weighted by molar-refractivity contribution is 5.30. The molecule has 2 aliphatic rings. The van der Waals surface area contributed by atoms with E-state index in [-0.39, 0.29) is 0 Å². The average molecular weight is 292 g/mol. The quantitative estimate of drug-likeness (QED) is 0.866. The van der Waals surface area contributed by atoms with Crippen molar-refractivity contribution in [3.63, 3.8) is 0 Å². The molecule has 1 N–H and O–H groups in total. The predicted octanol–water partition coefficient (Wildman–Crippen LogP) is 1.70. The highest BCUT2D eigenvalue weighted by Crippen LogP contribution is 2.28. The summed E-state index contributed by atoms with van der Waals surface area (Å²) in [6.45, 7) is 6.60. The van der Waals surface area contributed by atoms with Gasteiger partial charge in [0, 0.05) is 19.6 Å². The van der Waals surface area contributed by atoms with Gasteiger partial charge in [-0.25, -0.2) is 4.68 Å². The van der Waals surface area contributed by atoms with Crippen LogP contribution in [0, 0.1) is 12.8 Å². The van der Waals surface area contributed by atoms with Crippen molar-refractivity contribution in [1.29, 1.82) is 0 Å². The molecule has 1 aromatic rings. The highest BCUT2D eigenvalue weighted by atomic mass is 16.5. The van der Waals surface area contributed by atoms with E-state index < -0.39 is 0 Å². The van der Waals surface area contributed by atoms with Gasteiger partial charge in [-0.2, -0.15) is 5.10 Å².